The fourth-order valence-corrected chi connectivity index (χ4v) is 3.74. The lowest BCUT2D eigenvalue weighted by Gasteiger charge is -2.15. The molecule has 9 heteroatoms. The Kier molecular flexibility index (Phi) is 4.85. The fraction of sp³-hybridized carbons (Fsp3) is 0.143. The zero-order valence-electron chi connectivity index (χ0n) is 12.1. The van der Waals surface area contributed by atoms with Crippen molar-refractivity contribution in [3.8, 4) is 0 Å². The molecular formula is C14H15FN2O4S2. The van der Waals surface area contributed by atoms with Gasteiger partial charge in [-0.15, -0.1) is 0 Å². The van der Waals surface area contributed by atoms with Gasteiger partial charge in [0.15, 0.2) is 0 Å². The summed E-state index contributed by atoms with van der Waals surface area (Å²) in [5.41, 5.74) is 0.206. The Hall–Kier alpha value is -1.81. The molecule has 0 radical (unpaired) electrons. The van der Waals surface area contributed by atoms with Gasteiger partial charge in [-0.25, -0.2) is 31.1 Å². The van der Waals surface area contributed by atoms with Gasteiger partial charge in [0, 0.05) is 11.6 Å². The Morgan fingerprint density at radius 2 is 1.48 bits per heavy atom. The van der Waals surface area contributed by atoms with Crippen LogP contribution in [0.15, 0.2) is 58.3 Å². The van der Waals surface area contributed by atoms with Crippen LogP contribution >= 0.6 is 0 Å². The molecule has 2 rings (SSSR count). The van der Waals surface area contributed by atoms with Crippen molar-refractivity contribution in [2.75, 3.05) is 0 Å². The van der Waals surface area contributed by atoms with E-state index in [2.05, 4.69) is 4.72 Å². The van der Waals surface area contributed by atoms with Crippen molar-refractivity contribution in [2.45, 2.75) is 22.8 Å². The Morgan fingerprint density at radius 1 is 0.957 bits per heavy atom. The van der Waals surface area contributed by atoms with Gasteiger partial charge < -0.3 is 0 Å². The van der Waals surface area contributed by atoms with Crippen LogP contribution in [-0.2, 0) is 20.0 Å². The van der Waals surface area contributed by atoms with Crippen molar-refractivity contribution < 1.29 is 21.2 Å². The standard InChI is InChI=1S/C14H15FN2O4S2/c1-10(13-4-2-3-5-14(13)15)17-23(20,21)12-8-6-11(7-9-12)22(16,18)19/h2-10,17H,1H3,(H2,16,18,19). The zero-order valence-corrected chi connectivity index (χ0v) is 13.7. The van der Waals surface area contributed by atoms with Crippen LogP contribution in [0.4, 0.5) is 4.39 Å². The summed E-state index contributed by atoms with van der Waals surface area (Å²) in [6.45, 7) is 1.51. The molecule has 0 aliphatic heterocycles. The van der Waals surface area contributed by atoms with Crippen LogP contribution in [0.25, 0.3) is 0 Å². The number of hydrogen-bond donors (Lipinski definition) is 2. The number of nitrogens with one attached hydrogen (secondary N) is 1. The summed E-state index contributed by atoms with van der Waals surface area (Å²) in [4.78, 5) is -0.341. The van der Waals surface area contributed by atoms with E-state index in [1.165, 1.54) is 25.1 Å². The Balaban J connectivity index is 2.27. The molecule has 23 heavy (non-hydrogen) atoms. The van der Waals surface area contributed by atoms with Crippen LogP contribution in [0.1, 0.15) is 18.5 Å². The van der Waals surface area contributed by atoms with E-state index < -0.39 is 31.9 Å². The van der Waals surface area contributed by atoms with E-state index in [0.29, 0.717) is 0 Å². The molecule has 0 aliphatic carbocycles. The van der Waals surface area contributed by atoms with Crippen LogP contribution in [0.2, 0.25) is 0 Å². The van der Waals surface area contributed by atoms with Crippen molar-refractivity contribution in [1.29, 1.82) is 0 Å². The summed E-state index contributed by atoms with van der Waals surface area (Å²) in [6.07, 6.45) is 0. The molecule has 3 N–H and O–H groups in total. The van der Waals surface area contributed by atoms with E-state index in [-0.39, 0.29) is 15.4 Å². The summed E-state index contributed by atoms with van der Waals surface area (Å²) in [7, 11) is -7.84. The Bertz CT molecular complexity index is 910. The summed E-state index contributed by atoms with van der Waals surface area (Å²) in [5, 5.41) is 4.95. The van der Waals surface area contributed by atoms with E-state index in [9.17, 15) is 21.2 Å². The van der Waals surface area contributed by atoms with Crippen LogP contribution in [0.3, 0.4) is 0 Å². The van der Waals surface area contributed by atoms with E-state index in [1.807, 2.05) is 0 Å². The highest BCUT2D eigenvalue weighted by atomic mass is 32.2. The third kappa shape index (κ3) is 4.14. The fourth-order valence-electron chi connectivity index (χ4n) is 2.00. The summed E-state index contributed by atoms with van der Waals surface area (Å²) < 4.78 is 62.9. The summed E-state index contributed by atoms with van der Waals surface area (Å²) in [6, 6.07) is 9.46. The molecule has 0 spiro atoms. The Morgan fingerprint density at radius 3 is 2.00 bits per heavy atom. The number of sulfonamides is 2. The van der Waals surface area contributed by atoms with E-state index >= 15 is 0 Å². The Labute approximate surface area is 134 Å². The van der Waals surface area contributed by atoms with Crippen LogP contribution < -0.4 is 9.86 Å². The van der Waals surface area contributed by atoms with Crippen LogP contribution in [-0.4, -0.2) is 16.8 Å². The van der Waals surface area contributed by atoms with Crippen molar-refractivity contribution in [2.24, 2.45) is 5.14 Å². The SMILES string of the molecule is CC(NS(=O)(=O)c1ccc(S(N)(=O)=O)cc1)c1ccccc1F. The van der Waals surface area contributed by atoms with Gasteiger partial charge in [0.05, 0.1) is 9.79 Å². The van der Waals surface area contributed by atoms with E-state index in [1.54, 1.807) is 6.07 Å². The minimum atomic E-state index is -3.94. The molecular weight excluding hydrogens is 343 g/mol. The van der Waals surface area contributed by atoms with Crippen LogP contribution in [0.5, 0.6) is 0 Å². The molecule has 0 aromatic heterocycles. The van der Waals surface area contributed by atoms with Gasteiger partial charge in [-0.1, -0.05) is 18.2 Å². The molecule has 1 unspecified atom stereocenters. The van der Waals surface area contributed by atoms with Crippen LogP contribution in [0, 0.1) is 5.82 Å². The molecule has 0 saturated carbocycles. The lowest BCUT2D eigenvalue weighted by molar-refractivity contribution is 0.549. The number of benzene rings is 2. The first-order valence-corrected chi connectivity index (χ1v) is 9.54. The normalized spacial score (nSPS) is 13.7. The van der Waals surface area contributed by atoms with E-state index in [0.717, 1.165) is 24.3 Å². The predicted molar refractivity (Wildman–Crippen MR) is 83.0 cm³/mol. The summed E-state index contributed by atoms with van der Waals surface area (Å²) >= 11 is 0. The maximum atomic E-state index is 13.7. The van der Waals surface area contributed by atoms with Gasteiger partial charge in [-0.05, 0) is 37.3 Å². The lowest BCUT2D eigenvalue weighted by Crippen LogP contribution is -2.27. The minimum Gasteiger partial charge on any atom is -0.225 e. The van der Waals surface area contributed by atoms with Gasteiger partial charge >= 0.3 is 0 Å². The highest BCUT2D eigenvalue weighted by Gasteiger charge is 2.20. The summed E-state index contributed by atoms with van der Waals surface area (Å²) in [5.74, 6) is -0.521. The molecule has 2 aromatic carbocycles. The molecule has 0 fully saturated rings. The van der Waals surface area contributed by atoms with Crippen molar-refractivity contribution in [1.82, 2.24) is 4.72 Å². The second kappa shape index (κ2) is 6.36. The zero-order chi connectivity index (χ0) is 17.3. The predicted octanol–water partition coefficient (Wildman–Crippen LogP) is 1.51. The van der Waals surface area contributed by atoms with Gasteiger partial charge in [-0.3, -0.25) is 0 Å². The third-order valence-corrected chi connectivity index (χ3v) is 5.65. The average molecular weight is 358 g/mol. The second-order valence-electron chi connectivity index (χ2n) is 4.88. The number of hydrogen-bond acceptors (Lipinski definition) is 4. The maximum Gasteiger partial charge on any atom is 0.241 e. The first kappa shape index (κ1) is 17.5. The molecule has 0 amide bonds. The number of primary sulfonamides is 1. The molecule has 2 aromatic rings. The maximum absolute atomic E-state index is 13.7. The van der Waals surface area contributed by atoms with Gasteiger partial charge in [-0.2, -0.15) is 0 Å². The lowest BCUT2D eigenvalue weighted by atomic mass is 10.1. The van der Waals surface area contributed by atoms with Gasteiger partial charge in [0.1, 0.15) is 5.82 Å². The molecule has 0 bridgehead atoms. The van der Waals surface area contributed by atoms with Gasteiger partial charge in [0.2, 0.25) is 20.0 Å². The first-order valence-electron chi connectivity index (χ1n) is 6.51. The average Bonchev–Trinajstić information content (AvgIpc) is 2.46. The van der Waals surface area contributed by atoms with Crippen molar-refractivity contribution in [3.05, 3.63) is 59.9 Å². The number of rotatable bonds is 5. The monoisotopic (exact) mass is 358 g/mol. The number of halogens is 1. The van der Waals surface area contributed by atoms with E-state index in [4.69, 9.17) is 5.14 Å². The van der Waals surface area contributed by atoms with Gasteiger partial charge in [0.25, 0.3) is 0 Å². The molecule has 6 nitrogen and oxygen atoms in total. The minimum absolute atomic E-state index is 0.145. The molecule has 0 aliphatic rings. The third-order valence-electron chi connectivity index (χ3n) is 3.17. The van der Waals surface area contributed by atoms with Crippen molar-refractivity contribution >= 4 is 20.0 Å². The first-order chi connectivity index (χ1) is 10.6. The largest absolute Gasteiger partial charge is 0.241 e. The highest BCUT2D eigenvalue weighted by Crippen LogP contribution is 2.20. The second-order valence-corrected chi connectivity index (χ2v) is 8.16. The molecule has 124 valence electrons. The van der Waals surface area contributed by atoms with Crippen molar-refractivity contribution in [3.63, 3.8) is 0 Å². The molecule has 0 heterocycles. The molecule has 1 atom stereocenters. The quantitative estimate of drug-likeness (QED) is 0.845. The molecule has 0 saturated heterocycles. The number of nitrogens with two attached hydrogens (primary N) is 1. The topological polar surface area (TPSA) is 106 Å². The highest BCUT2D eigenvalue weighted by molar-refractivity contribution is 7.89. The smallest absolute Gasteiger partial charge is 0.225 e.